The molecule has 0 amide bonds. The Kier molecular flexibility index (Phi) is 6.65. The van der Waals surface area contributed by atoms with Crippen LogP contribution in [0.25, 0.3) is 99.7 Å². The van der Waals surface area contributed by atoms with Gasteiger partial charge in [0.2, 0.25) is 0 Å². The summed E-state index contributed by atoms with van der Waals surface area (Å²) in [4.78, 5) is 10.5. The highest BCUT2D eigenvalue weighted by Gasteiger charge is 2.41. The number of rotatable bonds is 4. The summed E-state index contributed by atoms with van der Waals surface area (Å²) in [7, 11) is 0. The minimum Gasteiger partial charge on any atom is -0.307 e. The van der Waals surface area contributed by atoms with Crippen LogP contribution in [0, 0.1) is 0 Å². The summed E-state index contributed by atoms with van der Waals surface area (Å²) in [6.07, 6.45) is 0. The molecule has 0 radical (unpaired) electrons. The molecule has 0 saturated heterocycles. The molecular weight excluding hydrogens is 693 g/mol. The normalized spacial score (nSPS) is 13.2. The van der Waals surface area contributed by atoms with Gasteiger partial charge in [-0.05, 0) is 64.7 Å². The van der Waals surface area contributed by atoms with E-state index in [1.54, 1.807) is 0 Å². The van der Waals surface area contributed by atoms with Crippen molar-refractivity contribution >= 4 is 54.5 Å². The molecule has 0 unspecified atom stereocenters. The number of aromatic nitrogens is 4. The third-order valence-electron chi connectivity index (χ3n) is 12.2. The molecule has 11 aromatic rings. The second-order valence-corrected chi connectivity index (χ2v) is 15.7. The van der Waals surface area contributed by atoms with Crippen molar-refractivity contribution in [2.24, 2.45) is 0 Å². The van der Waals surface area contributed by atoms with Gasteiger partial charge in [0.25, 0.3) is 0 Å². The summed E-state index contributed by atoms with van der Waals surface area (Å²) < 4.78 is 5.01. The zero-order valence-electron chi connectivity index (χ0n) is 31.6. The van der Waals surface area contributed by atoms with E-state index in [2.05, 4.69) is 199 Å². The van der Waals surface area contributed by atoms with Gasteiger partial charge in [-0.25, -0.2) is 9.97 Å². The lowest BCUT2D eigenvalue weighted by atomic mass is 9.80. The fourth-order valence-electron chi connectivity index (χ4n) is 9.88. The van der Waals surface area contributed by atoms with Crippen LogP contribution in [0.15, 0.2) is 182 Å². The Labute approximate surface area is 329 Å². The molecule has 12 rings (SSSR count). The van der Waals surface area contributed by atoms with E-state index < -0.39 is 0 Å². The van der Waals surface area contributed by atoms with Gasteiger partial charge in [0.05, 0.1) is 33.3 Å². The lowest BCUT2D eigenvalue weighted by Gasteiger charge is -2.23. The van der Waals surface area contributed by atoms with E-state index >= 15 is 0 Å². The molecule has 268 valence electrons. The van der Waals surface area contributed by atoms with E-state index in [0.717, 1.165) is 39.1 Å². The van der Waals surface area contributed by atoms with Crippen LogP contribution in [0.5, 0.6) is 0 Å². The van der Waals surface area contributed by atoms with Gasteiger partial charge in [0.1, 0.15) is 0 Å². The Morgan fingerprint density at radius 2 is 1.02 bits per heavy atom. The second-order valence-electron chi connectivity index (χ2n) is 15.7. The van der Waals surface area contributed by atoms with Crippen molar-refractivity contribution in [3.05, 3.63) is 193 Å². The van der Waals surface area contributed by atoms with Crippen molar-refractivity contribution in [1.29, 1.82) is 0 Å². The van der Waals surface area contributed by atoms with Crippen molar-refractivity contribution in [2.45, 2.75) is 19.3 Å². The summed E-state index contributed by atoms with van der Waals surface area (Å²) in [5, 5.41) is 6.13. The number of para-hydroxylation sites is 4. The SMILES string of the molecule is CC1(C)c2ccccc2-c2c1c1c3ccccc3n(-c3cccc(-c4nc(-c5ccccc5)c5ccccc5n4)c3)c1c1c2c2ccccc2n1-c1ccccc1. The molecule has 0 fully saturated rings. The first-order valence-electron chi connectivity index (χ1n) is 19.7. The molecule has 4 nitrogen and oxygen atoms in total. The minimum absolute atomic E-state index is 0.238. The van der Waals surface area contributed by atoms with Crippen LogP contribution in [0.1, 0.15) is 25.0 Å². The van der Waals surface area contributed by atoms with E-state index in [-0.39, 0.29) is 5.41 Å². The second kappa shape index (κ2) is 11.8. The fourth-order valence-corrected chi connectivity index (χ4v) is 9.88. The number of fused-ring (bicyclic) bond motifs is 13. The van der Waals surface area contributed by atoms with Gasteiger partial charge in [-0.15, -0.1) is 0 Å². The van der Waals surface area contributed by atoms with Crippen LogP contribution < -0.4 is 0 Å². The third kappa shape index (κ3) is 4.44. The Hall–Kier alpha value is -7.30. The molecule has 0 bridgehead atoms. The standard InChI is InChI=1S/C53H36N4/c1-53(2)41-28-13-9-24-37(41)45-46-39-26-11-15-30-43(39)56(35-21-7-4-8-22-35)50(46)51-47(48(45)53)40-27-12-16-31-44(40)57(51)36-23-17-20-34(32-36)52-54-42-29-14-10-25-38(42)49(55-52)33-18-5-3-6-19-33/h3-32H,1-2H3. The van der Waals surface area contributed by atoms with Gasteiger partial charge in [-0.2, -0.15) is 0 Å². The summed E-state index contributed by atoms with van der Waals surface area (Å²) >= 11 is 0. The highest BCUT2D eigenvalue weighted by Crippen LogP contribution is 2.58. The smallest absolute Gasteiger partial charge is 0.160 e. The molecule has 3 heterocycles. The highest BCUT2D eigenvalue weighted by molar-refractivity contribution is 6.31. The topological polar surface area (TPSA) is 35.6 Å². The molecule has 0 atom stereocenters. The van der Waals surface area contributed by atoms with E-state index in [4.69, 9.17) is 9.97 Å². The zero-order chi connectivity index (χ0) is 37.8. The van der Waals surface area contributed by atoms with Gasteiger partial charge in [0.15, 0.2) is 5.82 Å². The predicted octanol–water partition coefficient (Wildman–Crippen LogP) is 13.5. The van der Waals surface area contributed by atoms with Crippen LogP contribution in [-0.4, -0.2) is 19.1 Å². The Morgan fingerprint density at radius 3 is 1.79 bits per heavy atom. The Bertz CT molecular complexity index is 3420. The maximum Gasteiger partial charge on any atom is 0.160 e. The van der Waals surface area contributed by atoms with Crippen molar-refractivity contribution in [1.82, 2.24) is 19.1 Å². The van der Waals surface area contributed by atoms with E-state index in [9.17, 15) is 0 Å². The quantitative estimate of drug-likeness (QED) is 0.181. The minimum atomic E-state index is -0.238. The average molecular weight is 729 g/mol. The van der Waals surface area contributed by atoms with Crippen LogP contribution in [0.3, 0.4) is 0 Å². The number of hydrogen-bond acceptors (Lipinski definition) is 2. The van der Waals surface area contributed by atoms with Gasteiger partial charge >= 0.3 is 0 Å². The first-order chi connectivity index (χ1) is 28.1. The summed E-state index contributed by atoms with van der Waals surface area (Å²) in [6.45, 7) is 4.82. The van der Waals surface area contributed by atoms with E-state index in [1.165, 1.54) is 65.9 Å². The highest BCUT2D eigenvalue weighted by atomic mass is 15.0. The van der Waals surface area contributed by atoms with Gasteiger partial charge in [-0.3, -0.25) is 0 Å². The third-order valence-corrected chi connectivity index (χ3v) is 12.2. The first kappa shape index (κ1) is 32.0. The zero-order valence-corrected chi connectivity index (χ0v) is 31.6. The maximum absolute atomic E-state index is 5.29. The lowest BCUT2D eigenvalue weighted by molar-refractivity contribution is 0.667. The average Bonchev–Trinajstić information content (AvgIpc) is 3.87. The van der Waals surface area contributed by atoms with Crippen LogP contribution in [-0.2, 0) is 5.41 Å². The summed E-state index contributed by atoms with van der Waals surface area (Å²) in [6, 6.07) is 65.4. The molecule has 0 saturated carbocycles. The molecule has 1 aliphatic carbocycles. The Morgan fingerprint density at radius 1 is 0.456 bits per heavy atom. The molecule has 0 N–H and O–H groups in total. The monoisotopic (exact) mass is 728 g/mol. The van der Waals surface area contributed by atoms with Crippen molar-refractivity contribution < 1.29 is 0 Å². The molecule has 1 aliphatic rings. The van der Waals surface area contributed by atoms with Gasteiger partial charge < -0.3 is 9.13 Å². The van der Waals surface area contributed by atoms with Crippen LogP contribution in [0.4, 0.5) is 0 Å². The predicted molar refractivity (Wildman–Crippen MR) is 237 cm³/mol. The van der Waals surface area contributed by atoms with E-state index in [1.807, 2.05) is 6.07 Å². The number of benzene rings is 8. The lowest BCUT2D eigenvalue weighted by Crippen LogP contribution is -2.15. The fraction of sp³-hybridized carbons (Fsp3) is 0.0566. The number of nitrogens with zero attached hydrogens (tertiary/aromatic N) is 4. The maximum atomic E-state index is 5.29. The van der Waals surface area contributed by atoms with E-state index in [0.29, 0.717) is 5.82 Å². The van der Waals surface area contributed by atoms with Crippen LogP contribution >= 0.6 is 0 Å². The summed E-state index contributed by atoms with van der Waals surface area (Å²) in [5.41, 5.74) is 16.1. The van der Waals surface area contributed by atoms with Crippen molar-refractivity contribution in [3.8, 4) is 45.1 Å². The van der Waals surface area contributed by atoms with Crippen molar-refractivity contribution in [2.75, 3.05) is 0 Å². The largest absolute Gasteiger partial charge is 0.307 e. The van der Waals surface area contributed by atoms with Crippen LogP contribution in [0.2, 0.25) is 0 Å². The molecule has 3 aromatic heterocycles. The molecule has 0 aliphatic heterocycles. The molecule has 57 heavy (non-hydrogen) atoms. The van der Waals surface area contributed by atoms with Crippen molar-refractivity contribution in [3.63, 3.8) is 0 Å². The molecule has 8 aromatic carbocycles. The van der Waals surface area contributed by atoms with Gasteiger partial charge in [0, 0.05) is 54.8 Å². The molecule has 0 spiro atoms. The number of hydrogen-bond donors (Lipinski definition) is 0. The van der Waals surface area contributed by atoms with Gasteiger partial charge in [-0.1, -0.05) is 153 Å². The summed E-state index contributed by atoms with van der Waals surface area (Å²) in [5.74, 6) is 0.705. The first-order valence-corrected chi connectivity index (χ1v) is 19.7. The Balaban J connectivity index is 1.25. The molecule has 4 heteroatoms. The molecular formula is C53H36N4.